The van der Waals surface area contributed by atoms with E-state index in [2.05, 4.69) is 158 Å². The second-order valence-electron chi connectivity index (χ2n) is 15.1. The van der Waals surface area contributed by atoms with Gasteiger partial charge in [-0.05, 0) is 69.7 Å². The van der Waals surface area contributed by atoms with Crippen molar-refractivity contribution >= 4 is 43.8 Å². The van der Waals surface area contributed by atoms with Gasteiger partial charge in [0.15, 0.2) is 0 Å². The average Bonchev–Trinajstić information content (AvgIpc) is 3.65. The maximum absolute atomic E-state index is 2.53. The van der Waals surface area contributed by atoms with Gasteiger partial charge in [-0.25, -0.2) is 0 Å². The van der Waals surface area contributed by atoms with Gasteiger partial charge in [-0.15, -0.1) is 33.7 Å². The molecule has 0 fully saturated rings. The van der Waals surface area contributed by atoms with Gasteiger partial charge < -0.3 is 24.8 Å². The molecular weight excluding hydrogens is 703 g/mol. The number of hydrogen-bond donors (Lipinski definition) is 0. The van der Waals surface area contributed by atoms with Crippen LogP contribution in [0.1, 0.15) is 88.6 Å². The van der Waals surface area contributed by atoms with Crippen molar-refractivity contribution < 1.29 is 51.0 Å². The van der Waals surface area contributed by atoms with Crippen molar-refractivity contribution in [1.82, 2.24) is 0 Å². The van der Waals surface area contributed by atoms with E-state index in [0.29, 0.717) is 0 Å². The van der Waals surface area contributed by atoms with Crippen LogP contribution in [0.15, 0.2) is 109 Å². The number of fused-ring (bicyclic) bond motifs is 3. The topological polar surface area (TPSA) is 0 Å². The van der Waals surface area contributed by atoms with Gasteiger partial charge in [0.2, 0.25) is 0 Å². The number of halogens is 2. The third-order valence-electron chi connectivity index (χ3n) is 9.74. The third kappa shape index (κ3) is 6.81. The summed E-state index contributed by atoms with van der Waals surface area (Å²) in [5, 5.41) is 8.39. The van der Waals surface area contributed by atoms with Gasteiger partial charge >= 0.3 is 26.2 Å². The number of hydrogen-bond acceptors (Lipinski definition) is 0. The van der Waals surface area contributed by atoms with Crippen molar-refractivity contribution in [2.24, 2.45) is 0 Å². The van der Waals surface area contributed by atoms with Gasteiger partial charge in [-0.3, -0.25) is 0 Å². The van der Waals surface area contributed by atoms with Crippen molar-refractivity contribution in [3.8, 4) is 0 Å². The molecule has 1 radical (unpaired) electrons. The van der Waals surface area contributed by atoms with Gasteiger partial charge in [0, 0.05) is 0 Å². The predicted molar refractivity (Wildman–Crippen MR) is 198 cm³/mol. The molecule has 0 spiro atoms. The molecular formula is C45H45Cl2Zr. The molecule has 0 amide bonds. The fourth-order valence-electron chi connectivity index (χ4n) is 7.65. The van der Waals surface area contributed by atoms with Crippen LogP contribution < -0.4 is 35.3 Å². The quantitative estimate of drug-likeness (QED) is 0.258. The standard InChI is InChI=1S/C45H45.2ClH.Zr/c1-29-16-14-21-32(26-29)35-22-15-23-37(35)42-38-28-33-27-34(44(2,3)4)24-25-36(33)41(38)39(30-17-10-8-11-18-30)40(43(42)45(5,6)7)31-19-12-9-13-20-31;;;/h8-17,19,21-22,24-28H,18,20,23H2,1-7H3;2*1H;/q-1;;;+3/p-2. The summed E-state index contributed by atoms with van der Waals surface area (Å²) in [7, 11) is 0. The molecule has 0 saturated carbocycles. The molecule has 3 heteroatoms. The molecule has 0 N–H and O–H groups in total. The molecule has 7 rings (SSSR count). The van der Waals surface area contributed by atoms with E-state index in [0.717, 1.165) is 19.3 Å². The summed E-state index contributed by atoms with van der Waals surface area (Å²) < 4.78 is 0. The normalized spacial score (nSPS) is 18.0. The van der Waals surface area contributed by atoms with Crippen molar-refractivity contribution in [2.45, 2.75) is 78.6 Å². The maximum atomic E-state index is 2.53. The second-order valence-corrected chi connectivity index (χ2v) is 15.1. The van der Waals surface area contributed by atoms with E-state index >= 15 is 0 Å². The van der Waals surface area contributed by atoms with Gasteiger partial charge in [0.05, 0.1) is 0 Å². The van der Waals surface area contributed by atoms with Crippen molar-refractivity contribution in [2.75, 3.05) is 0 Å². The van der Waals surface area contributed by atoms with Crippen LogP contribution in [0.3, 0.4) is 0 Å². The molecule has 0 bridgehead atoms. The smallest absolute Gasteiger partial charge is 1.00 e. The van der Waals surface area contributed by atoms with Crippen molar-refractivity contribution in [3.63, 3.8) is 0 Å². The first kappa shape index (κ1) is 38.0. The van der Waals surface area contributed by atoms with Gasteiger partial charge in [-0.2, -0.15) is 0 Å². The number of benzene rings is 3. The van der Waals surface area contributed by atoms with Crippen LogP contribution in [0.5, 0.6) is 0 Å². The van der Waals surface area contributed by atoms with E-state index in [-0.39, 0.29) is 61.8 Å². The Morgan fingerprint density at radius 1 is 0.667 bits per heavy atom. The summed E-state index contributed by atoms with van der Waals surface area (Å²) in [6.45, 7) is 16.4. The predicted octanol–water partition coefficient (Wildman–Crippen LogP) is 4.83. The largest absolute Gasteiger partial charge is 3.00 e. The first-order valence-electron chi connectivity index (χ1n) is 16.6. The van der Waals surface area contributed by atoms with E-state index in [1.54, 1.807) is 0 Å². The summed E-state index contributed by atoms with van der Waals surface area (Å²) in [6.07, 6.45) is 25.8. The number of rotatable bonds is 2. The fraction of sp³-hybridized carbons (Fsp3) is 0.267. The van der Waals surface area contributed by atoms with E-state index in [4.69, 9.17) is 0 Å². The van der Waals surface area contributed by atoms with Crippen LogP contribution in [0.4, 0.5) is 0 Å². The first-order chi connectivity index (χ1) is 21.5. The summed E-state index contributed by atoms with van der Waals surface area (Å²) in [4.78, 5) is 0. The third-order valence-corrected chi connectivity index (χ3v) is 9.74. The molecule has 48 heavy (non-hydrogen) atoms. The monoisotopic (exact) mass is 745 g/mol. The molecule has 0 unspecified atom stereocenters. The molecule has 0 saturated heterocycles. The van der Waals surface area contributed by atoms with E-state index in [9.17, 15) is 0 Å². The second kappa shape index (κ2) is 14.6. The zero-order valence-electron chi connectivity index (χ0n) is 29.3. The molecule has 0 heterocycles. The Bertz CT molecular complexity index is 2200. The number of aryl methyl sites for hydroxylation is 1. The fourth-order valence-corrected chi connectivity index (χ4v) is 7.65. The molecule has 0 nitrogen and oxygen atoms in total. The van der Waals surface area contributed by atoms with Gasteiger partial charge in [0.1, 0.15) is 0 Å². The van der Waals surface area contributed by atoms with E-state index in [1.165, 1.54) is 82.1 Å². The minimum absolute atomic E-state index is 0. The molecule has 0 aromatic heterocycles. The summed E-state index contributed by atoms with van der Waals surface area (Å²) >= 11 is 0. The molecule has 4 aromatic rings. The van der Waals surface area contributed by atoms with Crippen molar-refractivity contribution in [3.05, 3.63) is 148 Å². The van der Waals surface area contributed by atoms with Crippen LogP contribution in [0, 0.1) is 6.92 Å². The summed E-state index contributed by atoms with van der Waals surface area (Å²) in [6, 6.07) is 18.8. The Hall–Kier alpha value is -2.83. The van der Waals surface area contributed by atoms with Crippen LogP contribution in [0.25, 0.3) is 43.8 Å². The minimum Gasteiger partial charge on any atom is -1.00 e. The molecule has 243 valence electrons. The molecule has 0 aliphatic heterocycles. The SMILES string of the molecule is Cc1cccc(C2=C(c3c(C(C)(C)C)c(=C4C=CC=CC4)c(=C4C=CC=CC4)c4c3[cH-]c3cc(C(C)(C)C)ccc34)CC=C2)c1.[Cl-].[Cl-].[Zr+3]. The Labute approximate surface area is 318 Å². The summed E-state index contributed by atoms with van der Waals surface area (Å²) in [5.41, 5.74) is 12.6. The first-order valence-corrected chi connectivity index (χ1v) is 16.6. The Morgan fingerprint density at radius 3 is 1.92 bits per heavy atom. The van der Waals surface area contributed by atoms with Crippen LogP contribution >= 0.6 is 0 Å². The van der Waals surface area contributed by atoms with Crippen molar-refractivity contribution in [1.29, 1.82) is 0 Å². The van der Waals surface area contributed by atoms with Gasteiger partial charge in [-0.1, -0.05) is 167 Å². The Balaban J connectivity index is 0.00000173. The van der Waals surface area contributed by atoms with Crippen LogP contribution in [-0.2, 0) is 37.0 Å². The summed E-state index contributed by atoms with van der Waals surface area (Å²) in [5.74, 6) is 0. The number of allylic oxidation sites excluding steroid dienone is 12. The Morgan fingerprint density at radius 2 is 1.33 bits per heavy atom. The van der Waals surface area contributed by atoms with Crippen LogP contribution in [0.2, 0.25) is 0 Å². The minimum atomic E-state index is -0.0856. The zero-order chi connectivity index (χ0) is 31.5. The van der Waals surface area contributed by atoms with Crippen LogP contribution in [-0.4, -0.2) is 0 Å². The molecule has 3 aliphatic carbocycles. The van der Waals surface area contributed by atoms with E-state index in [1.807, 2.05) is 0 Å². The average molecular weight is 748 g/mol. The molecule has 0 atom stereocenters. The van der Waals surface area contributed by atoms with Gasteiger partial charge in [0.25, 0.3) is 0 Å². The maximum Gasteiger partial charge on any atom is 3.00 e. The van der Waals surface area contributed by atoms with E-state index < -0.39 is 0 Å². The Kier molecular flexibility index (Phi) is 11.5. The zero-order valence-corrected chi connectivity index (χ0v) is 33.2. The molecule has 4 aromatic carbocycles. The molecule has 3 aliphatic rings.